The Labute approximate surface area is 142 Å². The summed E-state index contributed by atoms with van der Waals surface area (Å²) >= 11 is 0. The van der Waals surface area contributed by atoms with Gasteiger partial charge in [-0.25, -0.2) is 15.0 Å². The molecule has 3 aromatic rings. The van der Waals surface area contributed by atoms with Gasteiger partial charge in [0, 0.05) is 11.1 Å². The van der Waals surface area contributed by atoms with Crippen LogP contribution in [0.4, 0.5) is 0 Å². The first-order valence-electron chi connectivity index (χ1n) is 8.59. The number of aromatic nitrogens is 3. The number of hydrogen-bond acceptors (Lipinski definition) is 3. The van der Waals surface area contributed by atoms with Gasteiger partial charge in [-0.05, 0) is 37.2 Å². The summed E-state index contributed by atoms with van der Waals surface area (Å²) in [6, 6.07) is 18.8. The predicted octanol–water partition coefficient (Wildman–Crippen LogP) is 5.03. The molecule has 1 saturated carbocycles. The highest BCUT2D eigenvalue weighted by atomic mass is 15.0. The van der Waals surface area contributed by atoms with Crippen molar-refractivity contribution in [3.05, 3.63) is 66.0 Å². The first-order valence-corrected chi connectivity index (χ1v) is 8.59. The van der Waals surface area contributed by atoms with Gasteiger partial charge in [0.05, 0.1) is 0 Å². The van der Waals surface area contributed by atoms with Gasteiger partial charge in [0.1, 0.15) is 5.82 Å². The van der Waals surface area contributed by atoms with E-state index in [9.17, 15) is 0 Å². The van der Waals surface area contributed by atoms with Gasteiger partial charge < -0.3 is 0 Å². The van der Waals surface area contributed by atoms with Gasteiger partial charge >= 0.3 is 0 Å². The lowest BCUT2D eigenvalue weighted by Gasteiger charge is -2.34. The number of aryl methyl sites for hydroxylation is 1. The van der Waals surface area contributed by atoms with Crippen LogP contribution < -0.4 is 0 Å². The Morgan fingerprint density at radius 2 is 1.38 bits per heavy atom. The molecule has 3 nitrogen and oxygen atoms in total. The minimum Gasteiger partial charge on any atom is -0.213 e. The second-order valence-corrected chi connectivity index (χ2v) is 6.68. The topological polar surface area (TPSA) is 38.7 Å². The Kier molecular flexibility index (Phi) is 3.85. The molecule has 0 radical (unpaired) electrons. The van der Waals surface area contributed by atoms with E-state index in [1.807, 2.05) is 37.3 Å². The van der Waals surface area contributed by atoms with Crippen LogP contribution >= 0.6 is 0 Å². The normalized spacial score (nSPS) is 19.8. The zero-order chi connectivity index (χ0) is 16.5. The molecule has 0 N–H and O–H groups in total. The van der Waals surface area contributed by atoms with Gasteiger partial charge in [-0.3, -0.25) is 0 Å². The zero-order valence-corrected chi connectivity index (χ0v) is 14.1. The van der Waals surface area contributed by atoms with E-state index in [1.165, 1.54) is 18.4 Å². The van der Waals surface area contributed by atoms with E-state index in [0.29, 0.717) is 0 Å². The summed E-state index contributed by atoms with van der Waals surface area (Å²) in [4.78, 5) is 13.7. The van der Waals surface area contributed by atoms with E-state index in [2.05, 4.69) is 46.1 Å². The molecule has 120 valence electrons. The van der Waals surface area contributed by atoms with Crippen LogP contribution in [0.2, 0.25) is 0 Å². The van der Waals surface area contributed by atoms with Crippen molar-refractivity contribution in [2.45, 2.75) is 32.6 Å². The van der Waals surface area contributed by atoms with Crippen LogP contribution in [-0.4, -0.2) is 15.0 Å². The lowest BCUT2D eigenvalue weighted by Crippen LogP contribution is -2.20. The summed E-state index contributed by atoms with van der Waals surface area (Å²) in [5.74, 6) is 3.75. The Morgan fingerprint density at radius 1 is 0.750 bits per heavy atom. The molecule has 0 saturated heterocycles. The molecule has 3 heteroatoms. The fourth-order valence-corrected chi connectivity index (χ4v) is 3.37. The van der Waals surface area contributed by atoms with Crippen molar-refractivity contribution in [2.75, 3.05) is 0 Å². The van der Waals surface area contributed by atoms with Gasteiger partial charge in [0.2, 0.25) is 0 Å². The van der Waals surface area contributed by atoms with Crippen molar-refractivity contribution in [3.8, 4) is 22.8 Å². The molecule has 0 spiro atoms. The van der Waals surface area contributed by atoms with Gasteiger partial charge in [0.15, 0.2) is 11.6 Å². The van der Waals surface area contributed by atoms with Crippen LogP contribution in [0.15, 0.2) is 54.6 Å². The summed E-state index contributed by atoms with van der Waals surface area (Å²) in [7, 11) is 0. The molecule has 2 atom stereocenters. The summed E-state index contributed by atoms with van der Waals surface area (Å²) in [6.45, 7) is 4.26. The highest BCUT2D eigenvalue weighted by Crippen LogP contribution is 2.42. The molecule has 1 heterocycles. The zero-order valence-electron chi connectivity index (χ0n) is 14.1. The van der Waals surface area contributed by atoms with E-state index in [-0.39, 0.29) is 0 Å². The van der Waals surface area contributed by atoms with Crippen LogP contribution in [0.25, 0.3) is 22.8 Å². The van der Waals surface area contributed by atoms with E-state index in [0.717, 1.165) is 40.4 Å². The largest absolute Gasteiger partial charge is 0.213 e. The average Bonchev–Trinajstić information content (AvgIpc) is 2.61. The maximum Gasteiger partial charge on any atom is 0.163 e. The highest BCUT2D eigenvalue weighted by molar-refractivity contribution is 5.61. The Morgan fingerprint density at radius 3 is 1.92 bits per heavy atom. The molecule has 1 aliphatic rings. The maximum atomic E-state index is 4.68. The molecule has 0 aliphatic heterocycles. The average molecular weight is 315 g/mol. The van der Waals surface area contributed by atoms with E-state index < -0.39 is 0 Å². The molecule has 4 rings (SSSR count). The summed E-state index contributed by atoms with van der Waals surface area (Å²) in [6.07, 6.45) is 2.66. The number of rotatable bonds is 3. The Bertz CT molecular complexity index is 841. The minimum absolute atomic E-state index is 0.721. The van der Waals surface area contributed by atoms with Crippen molar-refractivity contribution in [2.24, 2.45) is 5.92 Å². The van der Waals surface area contributed by atoms with Crippen LogP contribution in [0.5, 0.6) is 0 Å². The van der Waals surface area contributed by atoms with Crippen LogP contribution in [0.3, 0.4) is 0 Å². The fraction of sp³-hybridized carbons (Fsp3) is 0.286. The van der Waals surface area contributed by atoms with Gasteiger partial charge in [-0.1, -0.05) is 61.5 Å². The summed E-state index contributed by atoms with van der Waals surface area (Å²) in [5.41, 5.74) is 3.50. The summed E-state index contributed by atoms with van der Waals surface area (Å²) in [5, 5.41) is 0. The van der Waals surface area contributed by atoms with Gasteiger partial charge in [-0.2, -0.15) is 0 Å². The standard InChI is InChI=1S/C21H21N3/c1-14-8-13-19(14)16-9-11-18(12-10-16)21-23-15(2)22-20(24-21)17-6-4-3-5-7-17/h3-7,9-12,14,19H,8,13H2,1-2H3/t14-,19?/m1/s1. The molecule has 1 aromatic heterocycles. The first kappa shape index (κ1) is 15.0. The quantitative estimate of drug-likeness (QED) is 0.680. The lowest BCUT2D eigenvalue weighted by molar-refractivity contribution is 0.280. The van der Waals surface area contributed by atoms with Crippen molar-refractivity contribution in [1.29, 1.82) is 0 Å². The number of benzene rings is 2. The Hall–Kier alpha value is -2.55. The first-order chi connectivity index (χ1) is 11.7. The van der Waals surface area contributed by atoms with Crippen LogP contribution in [0.1, 0.15) is 37.1 Å². The van der Waals surface area contributed by atoms with Crippen molar-refractivity contribution in [3.63, 3.8) is 0 Å². The lowest BCUT2D eigenvalue weighted by atomic mass is 9.71. The second-order valence-electron chi connectivity index (χ2n) is 6.68. The second kappa shape index (κ2) is 6.16. The minimum atomic E-state index is 0.721. The molecule has 24 heavy (non-hydrogen) atoms. The van der Waals surface area contributed by atoms with Gasteiger partial charge in [-0.15, -0.1) is 0 Å². The van der Waals surface area contributed by atoms with E-state index >= 15 is 0 Å². The number of hydrogen-bond donors (Lipinski definition) is 0. The molecule has 0 bridgehead atoms. The molecule has 1 unspecified atom stereocenters. The summed E-state index contributed by atoms with van der Waals surface area (Å²) < 4.78 is 0. The molecule has 0 amide bonds. The molecular formula is C21H21N3. The molecule has 1 fully saturated rings. The Balaban J connectivity index is 1.67. The smallest absolute Gasteiger partial charge is 0.163 e. The van der Waals surface area contributed by atoms with Crippen LogP contribution in [-0.2, 0) is 0 Å². The third-order valence-corrected chi connectivity index (χ3v) is 5.00. The molecular weight excluding hydrogens is 294 g/mol. The van der Waals surface area contributed by atoms with Crippen molar-refractivity contribution < 1.29 is 0 Å². The SMILES string of the molecule is Cc1nc(-c2ccccc2)nc(-c2ccc(C3CC[C@H]3C)cc2)n1. The predicted molar refractivity (Wildman–Crippen MR) is 96.6 cm³/mol. The maximum absolute atomic E-state index is 4.68. The fourth-order valence-electron chi connectivity index (χ4n) is 3.37. The van der Waals surface area contributed by atoms with Crippen molar-refractivity contribution >= 4 is 0 Å². The van der Waals surface area contributed by atoms with Gasteiger partial charge in [0.25, 0.3) is 0 Å². The molecule has 2 aromatic carbocycles. The van der Waals surface area contributed by atoms with Crippen molar-refractivity contribution in [1.82, 2.24) is 15.0 Å². The third kappa shape index (κ3) is 2.82. The highest BCUT2D eigenvalue weighted by Gasteiger charge is 2.27. The monoisotopic (exact) mass is 315 g/mol. The molecule has 1 aliphatic carbocycles. The van der Waals surface area contributed by atoms with E-state index in [4.69, 9.17) is 0 Å². The number of nitrogens with zero attached hydrogens (tertiary/aromatic N) is 3. The van der Waals surface area contributed by atoms with Crippen LogP contribution in [0, 0.1) is 12.8 Å². The third-order valence-electron chi connectivity index (χ3n) is 5.00. The van der Waals surface area contributed by atoms with E-state index in [1.54, 1.807) is 0 Å².